The van der Waals surface area contributed by atoms with Crippen molar-refractivity contribution in [3.63, 3.8) is 0 Å². The van der Waals surface area contributed by atoms with E-state index in [-0.39, 0.29) is 30.0 Å². The van der Waals surface area contributed by atoms with Crippen molar-refractivity contribution in [1.82, 2.24) is 15.3 Å². The van der Waals surface area contributed by atoms with Crippen molar-refractivity contribution in [1.29, 1.82) is 0 Å². The predicted molar refractivity (Wildman–Crippen MR) is 84.0 cm³/mol. The fourth-order valence-corrected chi connectivity index (χ4v) is 2.77. The maximum atomic E-state index is 12.5. The molecule has 3 rings (SSSR count). The van der Waals surface area contributed by atoms with Gasteiger partial charge in [0.1, 0.15) is 11.9 Å². The van der Waals surface area contributed by atoms with Crippen LogP contribution in [0.15, 0.2) is 36.8 Å². The van der Waals surface area contributed by atoms with E-state index in [1.807, 2.05) is 4.90 Å². The molecule has 7 nitrogen and oxygen atoms in total. The minimum absolute atomic E-state index is 0.129. The number of benzene rings is 1. The number of hydrogen-bond acceptors (Lipinski definition) is 6. The number of hydrogen-bond donors (Lipinski definition) is 3. The number of anilines is 1. The molecule has 0 saturated carbocycles. The monoisotopic (exact) mass is 314 g/mol. The first-order valence-electron chi connectivity index (χ1n) is 7.47. The zero-order valence-corrected chi connectivity index (χ0v) is 12.5. The molecule has 1 saturated heterocycles. The van der Waals surface area contributed by atoms with Crippen molar-refractivity contribution >= 4 is 11.7 Å². The molecule has 1 unspecified atom stereocenters. The van der Waals surface area contributed by atoms with E-state index in [1.54, 1.807) is 30.7 Å². The normalized spacial score (nSPS) is 17.2. The van der Waals surface area contributed by atoms with E-state index >= 15 is 0 Å². The lowest BCUT2D eigenvalue weighted by molar-refractivity contribution is -0.122. The van der Waals surface area contributed by atoms with Crippen molar-refractivity contribution in [3.8, 4) is 11.5 Å². The Morgan fingerprint density at radius 1 is 1.35 bits per heavy atom. The summed E-state index contributed by atoms with van der Waals surface area (Å²) >= 11 is 0. The number of rotatable bonds is 4. The summed E-state index contributed by atoms with van der Waals surface area (Å²) in [4.78, 5) is 22.7. The van der Waals surface area contributed by atoms with Crippen molar-refractivity contribution in [2.45, 2.75) is 25.4 Å². The van der Waals surface area contributed by atoms with Gasteiger partial charge < -0.3 is 20.4 Å². The number of amides is 1. The topological polar surface area (TPSA) is 98.6 Å². The second-order valence-electron chi connectivity index (χ2n) is 5.42. The van der Waals surface area contributed by atoms with Crippen LogP contribution in [0.25, 0.3) is 0 Å². The Bertz CT molecular complexity index is 693. The predicted octanol–water partition coefficient (Wildman–Crippen LogP) is 1.17. The third-order valence-electron chi connectivity index (χ3n) is 3.95. The summed E-state index contributed by atoms with van der Waals surface area (Å²) < 4.78 is 0. The molecule has 0 bridgehead atoms. The number of phenols is 2. The van der Waals surface area contributed by atoms with Crippen LogP contribution < -0.4 is 10.2 Å². The number of carbonyl (C=O) groups excluding carboxylic acids is 1. The average Bonchev–Trinajstić information content (AvgIpc) is 3.06. The van der Waals surface area contributed by atoms with Crippen LogP contribution in [0.4, 0.5) is 5.82 Å². The maximum Gasteiger partial charge on any atom is 0.243 e. The summed E-state index contributed by atoms with van der Waals surface area (Å²) in [6, 6.07) is 4.38. The van der Waals surface area contributed by atoms with Crippen molar-refractivity contribution in [2.24, 2.45) is 0 Å². The summed E-state index contributed by atoms with van der Waals surface area (Å²) in [7, 11) is 0. The fourth-order valence-electron chi connectivity index (χ4n) is 2.77. The maximum absolute atomic E-state index is 12.5. The molecular weight excluding hydrogens is 296 g/mol. The quantitative estimate of drug-likeness (QED) is 0.733. The highest BCUT2D eigenvalue weighted by atomic mass is 16.3. The molecule has 23 heavy (non-hydrogen) atoms. The van der Waals surface area contributed by atoms with Gasteiger partial charge in [-0.3, -0.25) is 9.78 Å². The lowest BCUT2D eigenvalue weighted by Gasteiger charge is -2.24. The number of nitrogens with zero attached hydrogens (tertiary/aromatic N) is 3. The standard InChI is InChI=1S/C16H18N4O3/c21-13-5-1-3-11(15(13)22)9-19-16(23)12-4-2-8-20(12)14-10-17-6-7-18-14/h1,3,5-7,10,12,21-22H,2,4,8-9H2,(H,19,23). The van der Waals surface area contributed by atoms with E-state index in [0.717, 1.165) is 19.4 Å². The molecule has 0 spiro atoms. The van der Waals surface area contributed by atoms with E-state index in [0.29, 0.717) is 11.4 Å². The van der Waals surface area contributed by atoms with Crippen molar-refractivity contribution < 1.29 is 15.0 Å². The summed E-state index contributed by atoms with van der Waals surface area (Å²) in [5.74, 6) is 0.157. The second-order valence-corrected chi connectivity index (χ2v) is 5.42. The van der Waals surface area contributed by atoms with Gasteiger partial charge >= 0.3 is 0 Å². The molecule has 2 heterocycles. The SMILES string of the molecule is O=C(NCc1cccc(O)c1O)C1CCCN1c1cnccn1. The van der Waals surface area contributed by atoms with Gasteiger partial charge in [0.25, 0.3) is 0 Å². The summed E-state index contributed by atoms with van der Waals surface area (Å²) in [5, 5.41) is 22.1. The van der Waals surface area contributed by atoms with Crippen LogP contribution in [-0.4, -0.2) is 38.7 Å². The average molecular weight is 314 g/mol. The number of carbonyl (C=O) groups is 1. The van der Waals surface area contributed by atoms with E-state index in [4.69, 9.17) is 0 Å². The Morgan fingerprint density at radius 2 is 2.22 bits per heavy atom. The Labute approximate surface area is 133 Å². The third-order valence-corrected chi connectivity index (χ3v) is 3.95. The molecular formula is C16H18N4O3. The number of aromatic nitrogens is 2. The first-order valence-corrected chi connectivity index (χ1v) is 7.47. The Hall–Kier alpha value is -2.83. The molecule has 1 fully saturated rings. The number of para-hydroxylation sites is 1. The van der Waals surface area contributed by atoms with Gasteiger partial charge in [0.2, 0.25) is 5.91 Å². The van der Waals surface area contributed by atoms with Crippen LogP contribution in [0.5, 0.6) is 11.5 Å². The van der Waals surface area contributed by atoms with E-state index in [9.17, 15) is 15.0 Å². The molecule has 1 aromatic carbocycles. The molecule has 7 heteroatoms. The van der Waals surface area contributed by atoms with E-state index in [2.05, 4.69) is 15.3 Å². The number of phenolic OH excluding ortho intramolecular Hbond substituents is 2. The molecule has 2 aromatic rings. The smallest absolute Gasteiger partial charge is 0.243 e. The van der Waals surface area contributed by atoms with Gasteiger partial charge in [-0.2, -0.15) is 0 Å². The summed E-state index contributed by atoms with van der Waals surface area (Å²) in [6.07, 6.45) is 6.50. The first-order chi connectivity index (χ1) is 11.2. The lowest BCUT2D eigenvalue weighted by Crippen LogP contribution is -2.43. The van der Waals surface area contributed by atoms with Gasteiger partial charge in [-0.1, -0.05) is 12.1 Å². The molecule has 3 N–H and O–H groups in total. The van der Waals surface area contributed by atoms with Gasteiger partial charge in [-0.05, 0) is 18.9 Å². The van der Waals surface area contributed by atoms with Gasteiger partial charge in [-0.25, -0.2) is 4.98 Å². The summed E-state index contributed by atoms with van der Waals surface area (Å²) in [6.45, 7) is 0.915. The molecule has 0 radical (unpaired) electrons. The largest absolute Gasteiger partial charge is 0.504 e. The minimum Gasteiger partial charge on any atom is -0.504 e. The van der Waals surface area contributed by atoms with E-state index < -0.39 is 0 Å². The third kappa shape index (κ3) is 3.18. The first kappa shape index (κ1) is 15.1. The Morgan fingerprint density at radius 3 is 3.00 bits per heavy atom. The van der Waals surface area contributed by atoms with Crippen LogP contribution in [0.1, 0.15) is 18.4 Å². The van der Waals surface area contributed by atoms with Gasteiger partial charge in [0.15, 0.2) is 11.5 Å². The molecule has 1 aromatic heterocycles. The molecule has 0 aliphatic carbocycles. The number of nitrogens with one attached hydrogen (secondary N) is 1. The van der Waals surface area contributed by atoms with Crippen LogP contribution >= 0.6 is 0 Å². The zero-order valence-electron chi connectivity index (χ0n) is 12.5. The van der Waals surface area contributed by atoms with Gasteiger partial charge in [0.05, 0.1) is 6.20 Å². The van der Waals surface area contributed by atoms with Crippen LogP contribution in [0, 0.1) is 0 Å². The molecule has 1 aliphatic heterocycles. The van der Waals surface area contributed by atoms with Gasteiger partial charge in [-0.15, -0.1) is 0 Å². The number of aromatic hydroxyl groups is 2. The highest BCUT2D eigenvalue weighted by molar-refractivity contribution is 5.85. The van der Waals surface area contributed by atoms with Crippen LogP contribution in [0.3, 0.4) is 0 Å². The van der Waals surface area contributed by atoms with Gasteiger partial charge in [0, 0.05) is 31.0 Å². The minimum atomic E-state index is -0.300. The van der Waals surface area contributed by atoms with Crippen molar-refractivity contribution in [3.05, 3.63) is 42.4 Å². The molecule has 1 amide bonds. The second kappa shape index (κ2) is 6.51. The Kier molecular flexibility index (Phi) is 4.27. The highest BCUT2D eigenvalue weighted by Gasteiger charge is 2.31. The Balaban J connectivity index is 1.67. The van der Waals surface area contributed by atoms with Crippen molar-refractivity contribution in [2.75, 3.05) is 11.4 Å². The van der Waals surface area contributed by atoms with E-state index in [1.165, 1.54) is 6.07 Å². The van der Waals surface area contributed by atoms with Crippen LogP contribution in [-0.2, 0) is 11.3 Å². The zero-order chi connectivity index (χ0) is 16.2. The fraction of sp³-hybridized carbons (Fsp3) is 0.312. The molecule has 120 valence electrons. The molecule has 1 atom stereocenters. The van der Waals surface area contributed by atoms with Crippen LogP contribution in [0.2, 0.25) is 0 Å². The molecule has 1 aliphatic rings. The summed E-state index contributed by atoms with van der Waals surface area (Å²) in [5.41, 5.74) is 0.474. The lowest BCUT2D eigenvalue weighted by atomic mass is 10.1. The highest BCUT2D eigenvalue weighted by Crippen LogP contribution is 2.28.